The number of H-pyrrole nitrogens is 1. The highest BCUT2D eigenvalue weighted by Gasteiger charge is 2.09. The summed E-state index contributed by atoms with van der Waals surface area (Å²) < 4.78 is 0. The molecule has 0 saturated heterocycles. The Kier molecular flexibility index (Phi) is 3.77. The van der Waals surface area contributed by atoms with E-state index in [1.165, 1.54) is 6.08 Å². The van der Waals surface area contributed by atoms with Crippen LogP contribution in [0.4, 0.5) is 0 Å². The summed E-state index contributed by atoms with van der Waals surface area (Å²) in [6.07, 6.45) is 4.84. The Bertz CT molecular complexity index is 544. The van der Waals surface area contributed by atoms with Crippen LogP contribution in [0.2, 0.25) is 0 Å². The summed E-state index contributed by atoms with van der Waals surface area (Å²) >= 11 is 0. The molecule has 0 spiro atoms. The van der Waals surface area contributed by atoms with Crippen LogP contribution in [0.25, 0.3) is 6.08 Å². The van der Waals surface area contributed by atoms with Gasteiger partial charge in [-0.2, -0.15) is 0 Å². The van der Waals surface area contributed by atoms with Crippen molar-refractivity contribution in [3.8, 4) is 0 Å². The zero-order valence-electron chi connectivity index (χ0n) is 9.58. The van der Waals surface area contributed by atoms with Crippen molar-refractivity contribution in [1.29, 1.82) is 0 Å². The van der Waals surface area contributed by atoms with Crippen LogP contribution >= 0.6 is 0 Å². The number of hydrogen-bond donors (Lipinski definition) is 3. The van der Waals surface area contributed by atoms with Crippen LogP contribution in [0.1, 0.15) is 16.1 Å². The quantitative estimate of drug-likeness (QED) is 0.416. The summed E-state index contributed by atoms with van der Waals surface area (Å²) in [6.45, 7) is 0. The minimum absolute atomic E-state index is 0.105. The zero-order valence-corrected chi connectivity index (χ0v) is 9.58. The van der Waals surface area contributed by atoms with Crippen LogP contribution in [-0.4, -0.2) is 27.9 Å². The summed E-state index contributed by atoms with van der Waals surface area (Å²) in [6, 6.07) is 10.1. The molecule has 1 aromatic carbocycles. The first-order chi connectivity index (χ1) is 8.66. The average molecular weight is 241 g/mol. The van der Waals surface area contributed by atoms with Gasteiger partial charge in [-0.15, -0.1) is 0 Å². The number of hydrogen-bond acceptors (Lipinski definition) is 3. The molecule has 1 aromatic heterocycles. The second-order valence-electron chi connectivity index (χ2n) is 3.82. The summed E-state index contributed by atoms with van der Waals surface area (Å²) in [5.74, 6) is -0.105. The van der Waals surface area contributed by atoms with E-state index >= 15 is 0 Å². The molecule has 0 unspecified atom stereocenters. The molecule has 0 saturated carbocycles. The van der Waals surface area contributed by atoms with Gasteiger partial charge in [0.2, 0.25) is 5.78 Å². The zero-order chi connectivity index (χ0) is 13.0. The average Bonchev–Trinajstić information content (AvgIpc) is 2.90. The lowest BCUT2D eigenvalue weighted by Gasteiger charge is -1.99. The van der Waals surface area contributed by atoms with Gasteiger partial charge in [-0.1, -0.05) is 30.3 Å². The predicted molar refractivity (Wildman–Crippen MR) is 70.4 cm³/mol. The van der Waals surface area contributed by atoms with Crippen LogP contribution in [0, 0.1) is 0 Å². The van der Waals surface area contributed by atoms with Crippen LogP contribution in [0.3, 0.4) is 0 Å². The van der Waals surface area contributed by atoms with Crippen LogP contribution in [-0.2, 0) is 0 Å². The molecule has 0 radical (unpaired) electrons. The van der Waals surface area contributed by atoms with Gasteiger partial charge in [0.05, 0.1) is 5.69 Å². The van der Waals surface area contributed by atoms with Crippen molar-refractivity contribution in [2.24, 2.45) is 0 Å². The van der Waals surface area contributed by atoms with E-state index in [2.05, 4.69) is 4.98 Å². The van der Waals surface area contributed by atoms with E-state index in [9.17, 15) is 4.79 Å². The van der Waals surface area contributed by atoms with E-state index in [1.807, 2.05) is 0 Å². The lowest BCUT2D eigenvalue weighted by molar-refractivity contribution is 0.104. The first-order valence-corrected chi connectivity index (χ1v) is 5.49. The van der Waals surface area contributed by atoms with E-state index in [4.69, 9.17) is 10.0 Å². The number of aromatic amines is 1. The minimum Gasteiger partial charge on any atom is -0.423 e. The van der Waals surface area contributed by atoms with Crippen LogP contribution < -0.4 is 5.46 Å². The summed E-state index contributed by atoms with van der Waals surface area (Å²) in [5, 5.41) is 17.9. The molecule has 1 heterocycles. The first-order valence-electron chi connectivity index (χ1n) is 5.49. The maximum atomic E-state index is 11.7. The molecule has 0 fully saturated rings. The van der Waals surface area contributed by atoms with Gasteiger partial charge in [0.15, 0.2) is 0 Å². The number of carbonyl (C=O) groups excluding carboxylic acids is 1. The Hall–Kier alpha value is -2.11. The third-order valence-corrected chi connectivity index (χ3v) is 2.53. The minimum atomic E-state index is -1.47. The molecule has 0 aliphatic rings. The fourth-order valence-electron chi connectivity index (χ4n) is 1.52. The summed E-state index contributed by atoms with van der Waals surface area (Å²) in [5.41, 5.74) is 1.77. The second-order valence-corrected chi connectivity index (χ2v) is 3.82. The van der Waals surface area contributed by atoms with Crippen molar-refractivity contribution in [2.45, 2.75) is 0 Å². The van der Waals surface area contributed by atoms with E-state index in [0.717, 1.165) is 5.56 Å². The fourth-order valence-corrected chi connectivity index (χ4v) is 1.52. The van der Waals surface area contributed by atoms with Crippen molar-refractivity contribution in [3.63, 3.8) is 0 Å². The Morgan fingerprint density at radius 2 is 1.89 bits per heavy atom. The SMILES string of the molecule is O=C(/C=C/c1ccc(B(O)O)cc1)c1ccc[nH]1. The van der Waals surface area contributed by atoms with Crippen molar-refractivity contribution >= 4 is 24.4 Å². The van der Waals surface area contributed by atoms with E-state index < -0.39 is 7.12 Å². The van der Waals surface area contributed by atoms with Crippen LogP contribution in [0.5, 0.6) is 0 Å². The molecular formula is C13H12BNO3. The van der Waals surface area contributed by atoms with Gasteiger partial charge in [-0.25, -0.2) is 0 Å². The van der Waals surface area contributed by atoms with E-state index in [1.54, 1.807) is 48.7 Å². The molecule has 5 heteroatoms. The maximum Gasteiger partial charge on any atom is 0.488 e. The number of ketones is 1. The highest BCUT2D eigenvalue weighted by molar-refractivity contribution is 6.58. The van der Waals surface area contributed by atoms with Crippen molar-refractivity contribution in [2.75, 3.05) is 0 Å². The molecule has 0 amide bonds. The number of benzene rings is 1. The predicted octanol–water partition coefficient (Wildman–Crippen LogP) is 0.591. The lowest BCUT2D eigenvalue weighted by Crippen LogP contribution is -2.29. The third kappa shape index (κ3) is 2.97. The first kappa shape index (κ1) is 12.4. The molecule has 0 aliphatic carbocycles. The van der Waals surface area contributed by atoms with Gasteiger partial charge in [0, 0.05) is 6.20 Å². The monoisotopic (exact) mass is 241 g/mol. The van der Waals surface area contributed by atoms with E-state index in [-0.39, 0.29) is 5.78 Å². The van der Waals surface area contributed by atoms with Gasteiger partial charge in [-0.05, 0) is 29.2 Å². The number of carbonyl (C=O) groups is 1. The Balaban J connectivity index is 2.07. The number of nitrogens with one attached hydrogen (secondary N) is 1. The van der Waals surface area contributed by atoms with Gasteiger partial charge < -0.3 is 15.0 Å². The lowest BCUT2D eigenvalue weighted by atomic mass is 9.80. The Morgan fingerprint density at radius 3 is 2.44 bits per heavy atom. The number of aromatic nitrogens is 1. The molecular weight excluding hydrogens is 229 g/mol. The molecule has 3 N–H and O–H groups in total. The molecule has 90 valence electrons. The van der Waals surface area contributed by atoms with Gasteiger partial charge in [0.1, 0.15) is 0 Å². The third-order valence-electron chi connectivity index (χ3n) is 2.53. The number of rotatable bonds is 4. The summed E-state index contributed by atoms with van der Waals surface area (Å²) in [4.78, 5) is 14.5. The van der Waals surface area contributed by atoms with E-state index in [0.29, 0.717) is 11.2 Å². The highest BCUT2D eigenvalue weighted by Crippen LogP contribution is 2.03. The second kappa shape index (κ2) is 5.49. The topological polar surface area (TPSA) is 73.3 Å². The van der Waals surface area contributed by atoms with Crippen molar-refractivity contribution in [3.05, 3.63) is 59.9 Å². The maximum absolute atomic E-state index is 11.7. The molecule has 18 heavy (non-hydrogen) atoms. The molecule has 0 bridgehead atoms. The molecule has 4 nitrogen and oxygen atoms in total. The van der Waals surface area contributed by atoms with Crippen LogP contribution in [0.15, 0.2) is 48.7 Å². The molecule has 0 aliphatic heterocycles. The van der Waals surface area contributed by atoms with Gasteiger partial charge in [0.25, 0.3) is 0 Å². The van der Waals surface area contributed by atoms with Gasteiger partial charge >= 0.3 is 7.12 Å². The summed E-state index contributed by atoms with van der Waals surface area (Å²) in [7, 11) is -1.47. The molecule has 0 atom stereocenters. The highest BCUT2D eigenvalue weighted by atomic mass is 16.4. The standard InChI is InChI=1S/C13H12BNO3/c16-13(12-2-1-9-15-12)8-5-10-3-6-11(7-4-10)14(17)18/h1-9,15,17-18H/b8-5+. The number of allylic oxidation sites excluding steroid dienone is 1. The van der Waals surface area contributed by atoms with Crippen molar-refractivity contribution in [1.82, 2.24) is 4.98 Å². The smallest absolute Gasteiger partial charge is 0.423 e. The Labute approximate surface area is 105 Å². The largest absolute Gasteiger partial charge is 0.488 e. The Morgan fingerprint density at radius 1 is 1.17 bits per heavy atom. The van der Waals surface area contributed by atoms with Crippen molar-refractivity contribution < 1.29 is 14.8 Å². The normalized spacial score (nSPS) is 10.8. The fraction of sp³-hybridized carbons (Fsp3) is 0. The molecule has 2 rings (SSSR count). The van der Waals surface area contributed by atoms with Gasteiger partial charge in [-0.3, -0.25) is 4.79 Å². The molecule has 2 aromatic rings.